The second-order valence-corrected chi connectivity index (χ2v) is 3.72. The summed E-state index contributed by atoms with van der Waals surface area (Å²) in [6.45, 7) is 8.65. The highest BCUT2D eigenvalue weighted by atomic mass is 16.5. The van der Waals surface area contributed by atoms with Gasteiger partial charge in [-0.3, -0.25) is 0 Å². The first-order chi connectivity index (χ1) is 6.66. The van der Waals surface area contributed by atoms with Crippen LogP contribution in [0, 0.1) is 6.92 Å². The smallest absolute Gasteiger partial charge is 0.118 e. The van der Waals surface area contributed by atoms with Crippen LogP contribution in [0.2, 0.25) is 0 Å². The van der Waals surface area contributed by atoms with Gasteiger partial charge < -0.3 is 4.74 Å². The van der Waals surface area contributed by atoms with Crippen LogP contribution in [0.1, 0.15) is 32.3 Å². The number of ether oxygens (including phenoxy) is 1. The number of methoxy groups -OCH3 is 1. The summed E-state index contributed by atoms with van der Waals surface area (Å²) in [5, 5.41) is 0. The summed E-state index contributed by atoms with van der Waals surface area (Å²) >= 11 is 0. The van der Waals surface area contributed by atoms with Crippen molar-refractivity contribution in [3.8, 4) is 5.75 Å². The fraction of sp³-hybridized carbons (Fsp3) is 0.462. The van der Waals surface area contributed by atoms with Gasteiger partial charge in [-0.05, 0) is 42.9 Å². The van der Waals surface area contributed by atoms with E-state index >= 15 is 0 Å². The maximum absolute atomic E-state index is 5.13. The highest BCUT2D eigenvalue weighted by Crippen LogP contribution is 2.31. The Morgan fingerprint density at radius 2 is 1.64 bits per heavy atom. The molecule has 0 atom stereocenters. The lowest BCUT2D eigenvalue weighted by Gasteiger charge is -2.27. The van der Waals surface area contributed by atoms with Crippen LogP contribution in [-0.2, 0) is 5.41 Å². The lowest BCUT2D eigenvalue weighted by molar-refractivity contribution is 0.413. The summed E-state index contributed by atoms with van der Waals surface area (Å²) in [5.41, 5.74) is 1.36. The van der Waals surface area contributed by atoms with Crippen molar-refractivity contribution in [1.82, 2.24) is 0 Å². The lowest BCUT2D eigenvalue weighted by Crippen LogP contribution is -2.19. The molecular formula is C13H19O. The average molecular weight is 191 g/mol. The van der Waals surface area contributed by atoms with Gasteiger partial charge in [0.15, 0.2) is 0 Å². The van der Waals surface area contributed by atoms with Gasteiger partial charge in [0.05, 0.1) is 7.11 Å². The Morgan fingerprint density at radius 1 is 1.14 bits per heavy atom. The quantitative estimate of drug-likeness (QED) is 0.706. The van der Waals surface area contributed by atoms with Crippen molar-refractivity contribution in [1.29, 1.82) is 0 Å². The first kappa shape index (κ1) is 11.1. The molecule has 1 aromatic rings. The molecule has 0 saturated heterocycles. The van der Waals surface area contributed by atoms with E-state index in [4.69, 9.17) is 4.74 Å². The number of hydrogen-bond acceptors (Lipinski definition) is 1. The lowest BCUT2D eigenvalue weighted by atomic mass is 9.78. The van der Waals surface area contributed by atoms with Gasteiger partial charge in [0.2, 0.25) is 0 Å². The molecule has 0 aromatic heterocycles. The van der Waals surface area contributed by atoms with Gasteiger partial charge in [-0.25, -0.2) is 0 Å². The first-order valence-electron chi connectivity index (χ1n) is 5.16. The Morgan fingerprint density at radius 3 is 2.00 bits per heavy atom. The second kappa shape index (κ2) is 4.50. The minimum atomic E-state index is 0.0618. The van der Waals surface area contributed by atoms with Crippen LogP contribution in [-0.4, -0.2) is 7.11 Å². The SMILES string of the molecule is [CH2]C(CC)(CC)c1ccc(OC)cc1. The van der Waals surface area contributed by atoms with Crippen molar-refractivity contribution in [3.63, 3.8) is 0 Å². The molecule has 0 N–H and O–H groups in total. The first-order valence-corrected chi connectivity index (χ1v) is 5.16. The molecule has 14 heavy (non-hydrogen) atoms. The number of rotatable bonds is 4. The summed E-state index contributed by atoms with van der Waals surface area (Å²) in [6, 6.07) is 8.22. The summed E-state index contributed by atoms with van der Waals surface area (Å²) in [4.78, 5) is 0. The van der Waals surface area contributed by atoms with Gasteiger partial charge >= 0.3 is 0 Å². The van der Waals surface area contributed by atoms with Crippen LogP contribution < -0.4 is 4.74 Å². The van der Waals surface area contributed by atoms with E-state index < -0.39 is 0 Å². The van der Waals surface area contributed by atoms with Crippen LogP contribution in [0.15, 0.2) is 24.3 Å². The maximum Gasteiger partial charge on any atom is 0.118 e. The molecule has 0 aliphatic rings. The summed E-state index contributed by atoms with van der Waals surface area (Å²) in [5.74, 6) is 0.906. The predicted molar refractivity (Wildman–Crippen MR) is 60.6 cm³/mol. The summed E-state index contributed by atoms with van der Waals surface area (Å²) < 4.78 is 5.13. The van der Waals surface area contributed by atoms with Gasteiger partial charge in [-0.1, -0.05) is 26.0 Å². The van der Waals surface area contributed by atoms with Crippen molar-refractivity contribution in [3.05, 3.63) is 36.8 Å². The van der Waals surface area contributed by atoms with Crippen LogP contribution in [0.3, 0.4) is 0 Å². The van der Waals surface area contributed by atoms with Crippen LogP contribution in [0.25, 0.3) is 0 Å². The van der Waals surface area contributed by atoms with E-state index in [-0.39, 0.29) is 5.41 Å². The molecule has 0 aliphatic heterocycles. The van der Waals surface area contributed by atoms with E-state index in [1.165, 1.54) is 5.56 Å². The minimum Gasteiger partial charge on any atom is -0.497 e. The second-order valence-electron chi connectivity index (χ2n) is 3.72. The third-order valence-corrected chi connectivity index (χ3v) is 3.06. The molecule has 1 heteroatoms. The average Bonchev–Trinajstić information content (AvgIpc) is 2.28. The Balaban J connectivity index is 2.95. The molecule has 0 spiro atoms. The molecule has 1 aromatic carbocycles. The molecule has 77 valence electrons. The monoisotopic (exact) mass is 191 g/mol. The molecule has 0 amide bonds. The zero-order valence-corrected chi connectivity index (χ0v) is 9.34. The molecular weight excluding hydrogens is 172 g/mol. The van der Waals surface area contributed by atoms with Gasteiger partial charge in [0.25, 0.3) is 0 Å². The Kier molecular flexibility index (Phi) is 3.56. The summed E-state index contributed by atoms with van der Waals surface area (Å²) in [6.07, 6.45) is 2.13. The van der Waals surface area contributed by atoms with E-state index in [1.54, 1.807) is 7.11 Å². The Bertz CT molecular complexity index is 270. The molecule has 0 saturated carbocycles. The van der Waals surface area contributed by atoms with Crippen molar-refractivity contribution in [2.45, 2.75) is 32.1 Å². The molecule has 0 heterocycles. The van der Waals surface area contributed by atoms with Crippen molar-refractivity contribution in [2.24, 2.45) is 0 Å². The summed E-state index contributed by atoms with van der Waals surface area (Å²) in [7, 11) is 1.69. The molecule has 0 aliphatic carbocycles. The van der Waals surface area contributed by atoms with Crippen molar-refractivity contribution < 1.29 is 4.74 Å². The zero-order chi connectivity index (χ0) is 10.6. The van der Waals surface area contributed by atoms with Crippen LogP contribution in [0.5, 0.6) is 5.75 Å². The molecule has 1 rings (SSSR count). The molecule has 0 bridgehead atoms. The third kappa shape index (κ3) is 2.09. The van der Waals surface area contributed by atoms with Crippen molar-refractivity contribution in [2.75, 3.05) is 7.11 Å². The minimum absolute atomic E-state index is 0.0618. The van der Waals surface area contributed by atoms with Gasteiger partial charge in [-0.15, -0.1) is 0 Å². The molecule has 1 radical (unpaired) electrons. The topological polar surface area (TPSA) is 9.23 Å². The Labute approximate surface area is 87.1 Å². The van der Waals surface area contributed by atoms with E-state index in [0.29, 0.717) is 0 Å². The van der Waals surface area contributed by atoms with E-state index in [0.717, 1.165) is 18.6 Å². The van der Waals surface area contributed by atoms with E-state index in [9.17, 15) is 0 Å². The van der Waals surface area contributed by atoms with Crippen molar-refractivity contribution >= 4 is 0 Å². The zero-order valence-electron chi connectivity index (χ0n) is 9.34. The maximum atomic E-state index is 5.13. The van der Waals surface area contributed by atoms with Crippen LogP contribution in [0.4, 0.5) is 0 Å². The molecule has 0 unspecified atom stereocenters. The van der Waals surface area contributed by atoms with Crippen LogP contribution >= 0.6 is 0 Å². The number of benzene rings is 1. The Hall–Kier alpha value is -0.980. The fourth-order valence-electron chi connectivity index (χ4n) is 1.60. The number of hydrogen-bond donors (Lipinski definition) is 0. The predicted octanol–water partition coefficient (Wildman–Crippen LogP) is 3.59. The highest BCUT2D eigenvalue weighted by molar-refractivity contribution is 5.33. The van der Waals surface area contributed by atoms with E-state index in [1.807, 2.05) is 12.1 Å². The fourth-order valence-corrected chi connectivity index (χ4v) is 1.60. The third-order valence-electron chi connectivity index (χ3n) is 3.06. The van der Waals surface area contributed by atoms with Gasteiger partial charge in [0, 0.05) is 0 Å². The van der Waals surface area contributed by atoms with E-state index in [2.05, 4.69) is 32.9 Å². The molecule has 1 nitrogen and oxygen atoms in total. The molecule has 0 fully saturated rings. The van der Waals surface area contributed by atoms with Gasteiger partial charge in [0.1, 0.15) is 5.75 Å². The highest BCUT2D eigenvalue weighted by Gasteiger charge is 2.21. The van der Waals surface area contributed by atoms with Gasteiger partial charge in [-0.2, -0.15) is 0 Å². The standard InChI is InChI=1S/C13H19O/c1-5-13(3,6-2)11-7-9-12(14-4)10-8-11/h7-10H,3,5-6H2,1-2,4H3. The normalized spacial score (nSPS) is 11.4. The largest absolute Gasteiger partial charge is 0.497 e.